The zero-order valence-electron chi connectivity index (χ0n) is 16.9. The first kappa shape index (κ1) is 20.9. The predicted molar refractivity (Wildman–Crippen MR) is 110 cm³/mol. The molecule has 2 N–H and O–H groups in total. The van der Waals surface area contributed by atoms with Crippen LogP contribution < -0.4 is 14.4 Å². The number of likely N-dealkylation sites (N-methyl/N-ethyl adjacent to an activating group) is 1. The number of quaternary nitrogens is 1. The largest absolute Gasteiger partial charge is 0.503 e. The fourth-order valence-electron chi connectivity index (χ4n) is 3.38. The second kappa shape index (κ2) is 8.67. The van der Waals surface area contributed by atoms with Crippen LogP contribution in [0.25, 0.3) is 0 Å². The zero-order valence-corrected chi connectivity index (χ0v) is 17.7. The highest BCUT2D eigenvalue weighted by Gasteiger charge is 2.45. The molecule has 2 aromatic rings. The third-order valence-corrected chi connectivity index (χ3v) is 5.75. The number of aliphatic hydroxyl groups excluding tert-OH is 1. The number of carbonyl (C=O) groups excluding carboxylic acids is 2. The maximum atomic E-state index is 13.2. The van der Waals surface area contributed by atoms with Crippen LogP contribution in [-0.4, -0.2) is 63.1 Å². The highest BCUT2D eigenvalue weighted by molar-refractivity contribution is 7.12. The Morgan fingerprint density at radius 3 is 2.59 bits per heavy atom. The molecule has 1 amide bonds. The van der Waals surface area contributed by atoms with E-state index < -0.39 is 17.7 Å². The molecule has 3 rings (SSSR count). The number of nitrogens with zero attached hydrogens (tertiary/aromatic N) is 1. The molecule has 1 aliphatic heterocycles. The Morgan fingerprint density at radius 2 is 2.00 bits per heavy atom. The van der Waals surface area contributed by atoms with Crippen molar-refractivity contribution in [2.75, 3.05) is 41.4 Å². The Kier molecular flexibility index (Phi) is 6.24. The lowest BCUT2D eigenvalue weighted by atomic mass is 9.94. The lowest BCUT2D eigenvalue weighted by Crippen LogP contribution is -3.06. The van der Waals surface area contributed by atoms with Crippen molar-refractivity contribution < 1.29 is 29.1 Å². The van der Waals surface area contributed by atoms with Crippen molar-refractivity contribution in [2.45, 2.75) is 6.04 Å². The number of ether oxygens (including phenoxy) is 2. The van der Waals surface area contributed by atoms with E-state index in [4.69, 9.17) is 9.47 Å². The summed E-state index contributed by atoms with van der Waals surface area (Å²) in [4.78, 5) is 29.3. The molecule has 1 atom stereocenters. The molecule has 0 saturated carbocycles. The molecule has 154 valence electrons. The van der Waals surface area contributed by atoms with E-state index in [9.17, 15) is 14.7 Å². The number of benzene rings is 1. The van der Waals surface area contributed by atoms with Crippen molar-refractivity contribution in [3.05, 3.63) is 57.5 Å². The monoisotopic (exact) mass is 417 g/mol. The number of amides is 1. The first-order valence-electron chi connectivity index (χ1n) is 9.22. The van der Waals surface area contributed by atoms with Crippen molar-refractivity contribution in [1.82, 2.24) is 4.90 Å². The Morgan fingerprint density at radius 1 is 1.24 bits per heavy atom. The molecule has 2 heterocycles. The van der Waals surface area contributed by atoms with E-state index in [1.807, 2.05) is 14.1 Å². The highest BCUT2D eigenvalue weighted by atomic mass is 32.1. The van der Waals surface area contributed by atoms with Crippen molar-refractivity contribution in [3.8, 4) is 11.5 Å². The molecule has 0 fully saturated rings. The standard InChI is InChI=1S/C21H24N2O5S/c1-22(2)9-10-23-18(14-12-13(27-3)7-8-15(14)28-4)17(20(25)21(23)26)19(24)16-6-5-11-29-16/h5-8,11-12,18,25H,9-10H2,1-4H3/p+1/t18-/m1/s1. The highest BCUT2D eigenvalue weighted by Crippen LogP contribution is 2.43. The minimum atomic E-state index is -0.763. The summed E-state index contributed by atoms with van der Waals surface area (Å²) in [6.45, 7) is 1.03. The molecule has 0 saturated heterocycles. The molecule has 29 heavy (non-hydrogen) atoms. The van der Waals surface area contributed by atoms with Gasteiger partial charge in [-0.05, 0) is 29.6 Å². The molecule has 1 aliphatic rings. The van der Waals surface area contributed by atoms with Gasteiger partial charge in [0.15, 0.2) is 5.76 Å². The number of rotatable bonds is 8. The van der Waals surface area contributed by atoms with E-state index in [1.54, 1.807) is 42.8 Å². The number of carbonyl (C=O) groups is 2. The van der Waals surface area contributed by atoms with E-state index in [0.717, 1.165) is 4.90 Å². The van der Waals surface area contributed by atoms with E-state index in [0.29, 0.717) is 35.0 Å². The van der Waals surface area contributed by atoms with Crippen LogP contribution in [0.5, 0.6) is 11.5 Å². The van der Waals surface area contributed by atoms with Gasteiger partial charge in [-0.1, -0.05) is 6.07 Å². The molecule has 8 heteroatoms. The second-order valence-electron chi connectivity index (χ2n) is 7.03. The van der Waals surface area contributed by atoms with Gasteiger partial charge in [0.25, 0.3) is 5.91 Å². The maximum absolute atomic E-state index is 13.2. The second-order valence-corrected chi connectivity index (χ2v) is 7.98. The summed E-state index contributed by atoms with van der Waals surface area (Å²) in [5.41, 5.74) is 0.663. The lowest BCUT2D eigenvalue weighted by molar-refractivity contribution is -0.857. The quantitative estimate of drug-likeness (QED) is 0.636. The fourth-order valence-corrected chi connectivity index (χ4v) is 4.06. The molecule has 0 bridgehead atoms. The maximum Gasteiger partial charge on any atom is 0.290 e. The smallest absolute Gasteiger partial charge is 0.290 e. The van der Waals surface area contributed by atoms with E-state index in [2.05, 4.69) is 0 Å². The average Bonchev–Trinajstić information content (AvgIpc) is 3.33. The number of nitrogens with one attached hydrogen (secondary N) is 1. The molecule has 1 aromatic carbocycles. The molecule has 7 nitrogen and oxygen atoms in total. The molecule has 0 spiro atoms. The van der Waals surface area contributed by atoms with E-state index in [-0.39, 0.29) is 11.4 Å². The third kappa shape index (κ3) is 3.99. The number of Topliss-reactive ketones (excluding diaryl/α,β-unsaturated/α-hetero) is 1. The van der Waals surface area contributed by atoms with Gasteiger partial charge in [0.2, 0.25) is 5.78 Å². The Bertz CT molecular complexity index is 937. The minimum Gasteiger partial charge on any atom is -0.503 e. The molecule has 0 radical (unpaired) electrons. The lowest BCUT2D eigenvalue weighted by Gasteiger charge is -2.28. The fraction of sp³-hybridized carbons (Fsp3) is 0.333. The molecular formula is C21H25N2O5S+. The van der Waals surface area contributed by atoms with Gasteiger partial charge >= 0.3 is 0 Å². The summed E-state index contributed by atoms with van der Waals surface area (Å²) < 4.78 is 10.9. The predicted octanol–water partition coefficient (Wildman–Crippen LogP) is 1.49. The van der Waals surface area contributed by atoms with Crippen LogP contribution >= 0.6 is 11.3 Å². The first-order valence-corrected chi connectivity index (χ1v) is 10.1. The summed E-state index contributed by atoms with van der Waals surface area (Å²) in [7, 11) is 7.03. The van der Waals surface area contributed by atoms with E-state index in [1.165, 1.54) is 23.3 Å². The number of ketones is 1. The summed E-state index contributed by atoms with van der Waals surface area (Å²) in [5, 5.41) is 12.5. The third-order valence-electron chi connectivity index (χ3n) is 4.88. The minimum absolute atomic E-state index is 0.0674. The molecule has 1 aromatic heterocycles. The topological polar surface area (TPSA) is 80.5 Å². The normalized spacial score (nSPS) is 16.7. The molecular weight excluding hydrogens is 392 g/mol. The van der Waals surface area contributed by atoms with Crippen LogP contribution in [0.3, 0.4) is 0 Å². The Hall–Kier alpha value is -2.84. The molecule has 0 aliphatic carbocycles. The van der Waals surface area contributed by atoms with Crippen LogP contribution in [0.2, 0.25) is 0 Å². The van der Waals surface area contributed by atoms with Crippen molar-refractivity contribution >= 4 is 23.0 Å². The average molecular weight is 418 g/mol. The zero-order chi connectivity index (χ0) is 21.1. The van der Waals surface area contributed by atoms with Crippen LogP contribution in [0, 0.1) is 0 Å². The van der Waals surface area contributed by atoms with Crippen molar-refractivity contribution in [1.29, 1.82) is 0 Å². The van der Waals surface area contributed by atoms with E-state index >= 15 is 0 Å². The van der Waals surface area contributed by atoms with Gasteiger partial charge in [0, 0.05) is 5.56 Å². The van der Waals surface area contributed by atoms with Crippen LogP contribution in [-0.2, 0) is 4.79 Å². The van der Waals surface area contributed by atoms with Crippen molar-refractivity contribution in [3.63, 3.8) is 0 Å². The van der Waals surface area contributed by atoms with Gasteiger partial charge < -0.3 is 24.4 Å². The van der Waals surface area contributed by atoms with Crippen LogP contribution in [0.1, 0.15) is 21.3 Å². The van der Waals surface area contributed by atoms with Crippen LogP contribution in [0.15, 0.2) is 47.0 Å². The number of methoxy groups -OCH3 is 2. The Labute approximate surface area is 173 Å². The van der Waals surface area contributed by atoms with Crippen LogP contribution in [0.4, 0.5) is 0 Å². The SMILES string of the molecule is COc1ccc(OC)c([C@@H]2C(C(=O)c3cccs3)=C(O)C(=O)N2CC[NH+](C)C)c1. The Balaban J connectivity index is 2.15. The number of hydrogen-bond donors (Lipinski definition) is 2. The van der Waals surface area contributed by atoms with Gasteiger partial charge in [-0.25, -0.2) is 0 Å². The van der Waals surface area contributed by atoms with Gasteiger partial charge in [-0.3, -0.25) is 9.59 Å². The van der Waals surface area contributed by atoms with Crippen molar-refractivity contribution in [2.24, 2.45) is 0 Å². The number of thiophene rings is 1. The van der Waals surface area contributed by atoms with Gasteiger partial charge in [-0.15, -0.1) is 11.3 Å². The molecule has 0 unspecified atom stereocenters. The van der Waals surface area contributed by atoms with Gasteiger partial charge in [-0.2, -0.15) is 0 Å². The summed E-state index contributed by atoms with van der Waals surface area (Å²) >= 11 is 1.27. The number of hydrogen-bond acceptors (Lipinski definition) is 6. The summed E-state index contributed by atoms with van der Waals surface area (Å²) in [6.07, 6.45) is 0. The number of aliphatic hydroxyl groups is 1. The summed E-state index contributed by atoms with van der Waals surface area (Å²) in [6, 6.07) is 7.91. The van der Waals surface area contributed by atoms with Gasteiger partial charge in [0.05, 0.1) is 57.9 Å². The van der Waals surface area contributed by atoms with Gasteiger partial charge in [0.1, 0.15) is 11.5 Å². The first-order chi connectivity index (χ1) is 13.9. The summed E-state index contributed by atoms with van der Waals surface area (Å²) in [5.74, 6) is -0.341.